The number of hydrogen-bond acceptors (Lipinski definition) is 9. The lowest BCUT2D eigenvalue weighted by Gasteiger charge is -2.31. The highest BCUT2D eigenvalue weighted by atomic mass is 32.2. The number of nitrogens with zero attached hydrogens (tertiary/aromatic N) is 6. The lowest BCUT2D eigenvalue weighted by atomic mass is 10.1. The average molecular weight is 509 g/mol. The second-order valence-electron chi connectivity index (χ2n) is 9.02. The molecule has 5 rings (SSSR count). The number of nitrogens with one attached hydrogen (secondary N) is 2. The maximum atomic E-state index is 13.2. The Bertz CT molecular complexity index is 1350. The van der Waals surface area contributed by atoms with Crippen LogP contribution in [0, 0.1) is 11.3 Å². The second-order valence-corrected chi connectivity index (χ2v) is 11.0. The molecule has 1 aromatic carbocycles. The Hall–Kier alpha value is -3.53. The number of sulfonamides is 1. The van der Waals surface area contributed by atoms with Crippen LogP contribution in [0.25, 0.3) is 11.1 Å². The van der Waals surface area contributed by atoms with Gasteiger partial charge in [0.2, 0.25) is 16.0 Å². The first-order chi connectivity index (χ1) is 17.4. The minimum Gasteiger partial charge on any atom is -0.379 e. The molecule has 1 unspecified atom stereocenters. The van der Waals surface area contributed by atoms with E-state index in [1.165, 1.54) is 10.5 Å². The van der Waals surface area contributed by atoms with Crippen LogP contribution in [-0.4, -0.2) is 70.9 Å². The molecule has 0 bridgehead atoms. The smallest absolute Gasteiger partial charge is 0.243 e. The molecule has 0 radical (unpaired) electrons. The summed E-state index contributed by atoms with van der Waals surface area (Å²) in [5.41, 5.74) is 2.23. The normalized spacial score (nSPS) is 19.2. The topological polar surface area (TPSA) is 138 Å². The summed E-state index contributed by atoms with van der Waals surface area (Å²) in [5, 5.41) is 20.1. The Morgan fingerprint density at radius 1 is 1.06 bits per heavy atom. The van der Waals surface area contributed by atoms with E-state index in [0.717, 1.165) is 17.5 Å². The van der Waals surface area contributed by atoms with E-state index in [9.17, 15) is 13.7 Å². The molecule has 36 heavy (non-hydrogen) atoms. The maximum Gasteiger partial charge on any atom is 0.243 e. The van der Waals surface area contributed by atoms with E-state index < -0.39 is 10.0 Å². The molecular formula is C24H28N8O3S. The molecule has 0 saturated carbocycles. The summed E-state index contributed by atoms with van der Waals surface area (Å²) in [4.78, 5) is 9.06. The molecule has 2 aliphatic heterocycles. The van der Waals surface area contributed by atoms with E-state index in [1.807, 2.05) is 25.4 Å². The third-order valence-electron chi connectivity index (χ3n) is 6.50. The Morgan fingerprint density at radius 3 is 2.47 bits per heavy atom. The first kappa shape index (κ1) is 24.2. The zero-order valence-corrected chi connectivity index (χ0v) is 20.8. The summed E-state index contributed by atoms with van der Waals surface area (Å²) in [6.45, 7) is 2.05. The summed E-state index contributed by atoms with van der Waals surface area (Å²) >= 11 is 0. The molecule has 2 saturated heterocycles. The van der Waals surface area contributed by atoms with Gasteiger partial charge in [0, 0.05) is 44.5 Å². The number of aryl methyl sites for hydroxylation is 1. The van der Waals surface area contributed by atoms with E-state index in [2.05, 4.69) is 31.8 Å². The summed E-state index contributed by atoms with van der Waals surface area (Å²) < 4.78 is 35.0. The van der Waals surface area contributed by atoms with Gasteiger partial charge in [-0.25, -0.2) is 13.4 Å². The standard InChI is InChI=1S/C24H28N8O3S/c1-31-15-19(14-27-31)17-2-4-22(5-3-17)36(33,34)32-9-6-20(7-10-32)29-24-26-13-18(12-25)23(30-24)28-21-8-11-35-16-21/h2-5,13-15,20-21H,6-11,16H2,1H3,(H2,26,28,29,30). The van der Waals surface area contributed by atoms with Gasteiger partial charge in [0.25, 0.3) is 0 Å². The fraction of sp³-hybridized carbons (Fsp3) is 0.417. The van der Waals surface area contributed by atoms with E-state index in [4.69, 9.17) is 4.74 Å². The van der Waals surface area contributed by atoms with Gasteiger partial charge in [0.1, 0.15) is 17.5 Å². The van der Waals surface area contributed by atoms with E-state index in [1.54, 1.807) is 23.0 Å². The molecule has 1 atom stereocenters. The van der Waals surface area contributed by atoms with Crippen molar-refractivity contribution in [2.75, 3.05) is 36.9 Å². The van der Waals surface area contributed by atoms with Crippen LogP contribution in [0.15, 0.2) is 47.8 Å². The van der Waals surface area contributed by atoms with Crippen molar-refractivity contribution in [2.45, 2.75) is 36.2 Å². The van der Waals surface area contributed by atoms with Crippen molar-refractivity contribution in [3.05, 3.63) is 48.4 Å². The van der Waals surface area contributed by atoms with Gasteiger partial charge >= 0.3 is 0 Å². The van der Waals surface area contributed by atoms with Gasteiger partial charge in [0.15, 0.2) is 0 Å². The fourth-order valence-corrected chi connectivity index (χ4v) is 5.92. The molecule has 0 aliphatic carbocycles. The van der Waals surface area contributed by atoms with Crippen molar-refractivity contribution in [2.24, 2.45) is 7.05 Å². The molecule has 0 spiro atoms. The van der Waals surface area contributed by atoms with Gasteiger partial charge in [-0.2, -0.15) is 19.6 Å². The van der Waals surface area contributed by atoms with E-state index >= 15 is 0 Å². The van der Waals surface area contributed by atoms with Gasteiger partial charge in [-0.05, 0) is 37.0 Å². The number of benzene rings is 1. The van der Waals surface area contributed by atoms with Crippen molar-refractivity contribution in [3.8, 4) is 17.2 Å². The molecular weight excluding hydrogens is 480 g/mol. The predicted octanol–water partition coefficient (Wildman–Crippen LogP) is 2.21. The number of hydrogen-bond donors (Lipinski definition) is 2. The van der Waals surface area contributed by atoms with Crippen LogP contribution in [-0.2, 0) is 21.8 Å². The monoisotopic (exact) mass is 508 g/mol. The summed E-state index contributed by atoms with van der Waals surface area (Å²) in [6, 6.07) is 9.18. The molecule has 11 nitrogen and oxygen atoms in total. The Labute approximate surface area is 210 Å². The van der Waals surface area contributed by atoms with Crippen LogP contribution in [0.5, 0.6) is 0 Å². The van der Waals surface area contributed by atoms with Crippen LogP contribution in [0.4, 0.5) is 11.8 Å². The Balaban J connectivity index is 1.20. The van der Waals surface area contributed by atoms with E-state index in [0.29, 0.717) is 56.5 Å². The third kappa shape index (κ3) is 5.18. The Kier molecular flexibility index (Phi) is 6.86. The summed E-state index contributed by atoms with van der Waals surface area (Å²) in [6.07, 6.45) is 7.24. The fourth-order valence-electron chi connectivity index (χ4n) is 4.45. The van der Waals surface area contributed by atoms with Crippen molar-refractivity contribution < 1.29 is 13.2 Å². The lowest BCUT2D eigenvalue weighted by Crippen LogP contribution is -2.42. The number of nitriles is 1. The Morgan fingerprint density at radius 2 is 1.83 bits per heavy atom. The van der Waals surface area contributed by atoms with Crippen molar-refractivity contribution >= 4 is 21.8 Å². The van der Waals surface area contributed by atoms with Crippen molar-refractivity contribution in [3.63, 3.8) is 0 Å². The number of rotatable bonds is 7. The van der Waals surface area contributed by atoms with Crippen molar-refractivity contribution in [1.29, 1.82) is 5.26 Å². The van der Waals surface area contributed by atoms with E-state index in [-0.39, 0.29) is 17.0 Å². The van der Waals surface area contributed by atoms with Crippen LogP contribution in [0.2, 0.25) is 0 Å². The number of anilines is 2. The van der Waals surface area contributed by atoms with Gasteiger partial charge in [-0.1, -0.05) is 12.1 Å². The molecule has 2 N–H and O–H groups in total. The van der Waals surface area contributed by atoms with Crippen LogP contribution >= 0.6 is 0 Å². The molecule has 188 valence electrons. The van der Waals surface area contributed by atoms with Crippen LogP contribution in [0.1, 0.15) is 24.8 Å². The van der Waals surface area contributed by atoms with Crippen LogP contribution in [0.3, 0.4) is 0 Å². The highest BCUT2D eigenvalue weighted by Crippen LogP contribution is 2.26. The van der Waals surface area contributed by atoms with Gasteiger partial charge in [-0.3, -0.25) is 4.68 Å². The highest BCUT2D eigenvalue weighted by molar-refractivity contribution is 7.89. The van der Waals surface area contributed by atoms with Gasteiger partial charge < -0.3 is 15.4 Å². The van der Waals surface area contributed by atoms with Crippen LogP contribution < -0.4 is 10.6 Å². The minimum atomic E-state index is -3.59. The zero-order valence-electron chi connectivity index (χ0n) is 20.0. The number of ether oxygens (including phenoxy) is 1. The molecule has 2 aromatic heterocycles. The minimum absolute atomic E-state index is 0.0278. The highest BCUT2D eigenvalue weighted by Gasteiger charge is 2.30. The predicted molar refractivity (Wildman–Crippen MR) is 134 cm³/mol. The molecule has 0 amide bonds. The number of piperidine rings is 1. The summed E-state index contributed by atoms with van der Waals surface area (Å²) in [7, 11) is -1.74. The molecule has 4 heterocycles. The maximum absolute atomic E-state index is 13.2. The summed E-state index contributed by atoms with van der Waals surface area (Å²) in [5.74, 6) is 0.906. The molecule has 2 aliphatic rings. The SMILES string of the molecule is Cn1cc(-c2ccc(S(=O)(=O)N3CCC(Nc4ncc(C#N)c(NC5CCOC5)n4)CC3)cc2)cn1. The third-order valence-corrected chi connectivity index (χ3v) is 8.41. The molecule has 3 aromatic rings. The molecule has 12 heteroatoms. The average Bonchev–Trinajstić information content (AvgIpc) is 3.56. The molecule has 2 fully saturated rings. The number of aromatic nitrogens is 4. The first-order valence-electron chi connectivity index (χ1n) is 11.9. The largest absolute Gasteiger partial charge is 0.379 e. The van der Waals surface area contributed by atoms with Gasteiger partial charge in [-0.15, -0.1) is 0 Å². The van der Waals surface area contributed by atoms with Crippen molar-refractivity contribution in [1.82, 2.24) is 24.1 Å². The lowest BCUT2D eigenvalue weighted by molar-refractivity contribution is 0.195. The quantitative estimate of drug-likeness (QED) is 0.492. The first-order valence-corrected chi connectivity index (χ1v) is 13.3. The second kappa shape index (κ2) is 10.2. The van der Waals surface area contributed by atoms with Gasteiger partial charge in [0.05, 0.1) is 29.9 Å². The zero-order chi connectivity index (χ0) is 25.1.